The molecule has 0 saturated carbocycles. The molecular formula is C34H29N. The average molecular weight is 452 g/mol. The van der Waals surface area contributed by atoms with Gasteiger partial charge in [-0.1, -0.05) is 114 Å². The van der Waals surface area contributed by atoms with Gasteiger partial charge in [0.05, 0.1) is 5.69 Å². The van der Waals surface area contributed by atoms with Crippen LogP contribution in [0.3, 0.4) is 0 Å². The number of benzene rings is 5. The van der Waals surface area contributed by atoms with Gasteiger partial charge in [-0.3, -0.25) is 0 Å². The van der Waals surface area contributed by atoms with Crippen LogP contribution in [0.1, 0.15) is 27.8 Å². The Balaban J connectivity index is 1.71. The Labute approximate surface area is 208 Å². The summed E-state index contributed by atoms with van der Waals surface area (Å²) >= 11 is 0. The topological polar surface area (TPSA) is 3.24 Å². The summed E-state index contributed by atoms with van der Waals surface area (Å²) in [4.78, 5) is 2.35. The van der Waals surface area contributed by atoms with Gasteiger partial charge in [0, 0.05) is 11.4 Å². The number of aryl methyl sites for hydroxylation is 2. The average Bonchev–Trinajstić information content (AvgIpc) is 2.91. The van der Waals surface area contributed by atoms with E-state index in [0.717, 1.165) is 22.6 Å². The number of nitrogens with zero attached hydrogens (tertiary/aromatic N) is 1. The van der Waals surface area contributed by atoms with E-state index in [1.807, 2.05) is 0 Å². The zero-order valence-electron chi connectivity index (χ0n) is 20.2. The van der Waals surface area contributed by atoms with Crippen LogP contribution in [-0.2, 0) is 0 Å². The predicted octanol–water partition coefficient (Wildman–Crippen LogP) is 9.36. The van der Waals surface area contributed by atoms with Crippen LogP contribution in [0.25, 0.3) is 11.6 Å². The minimum atomic E-state index is 1.14. The summed E-state index contributed by atoms with van der Waals surface area (Å²) in [6, 6.07) is 47.4. The first kappa shape index (κ1) is 22.4. The second kappa shape index (κ2) is 10.3. The molecule has 5 aromatic carbocycles. The van der Waals surface area contributed by atoms with Gasteiger partial charge in [-0.25, -0.2) is 0 Å². The quantitative estimate of drug-likeness (QED) is 0.232. The lowest BCUT2D eigenvalue weighted by Crippen LogP contribution is -2.11. The maximum absolute atomic E-state index is 2.35. The Kier molecular flexibility index (Phi) is 6.59. The van der Waals surface area contributed by atoms with E-state index in [9.17, 15) is 0 Å². The lowest BCUT2D eigenvalue weighted by Gasteiger charge is -2.27. The smallest absolute Gasteiger partial charge is 0.0534 e. The number of rotatable bonds is 6. The summed E-state index contributed by atoms with van der Waals surface area (Å²) < 4.78 is 0. The molecule has 0 saturated heterocycles. The zero-order chi connectivity index (χ0) is 24.0. The third kappa shape index (κ3) is 5.10. The minimum Gasteiger partial charge on any atom is -0.310 e. The molecule has 0 radical (unpaired) electrons. The van der Waals surface area contributed by atoms with Crippen molar-refractivity contribution in [3.8, 4) is 0 Å². The first-order chi connectivity index (χ1) is 17.2. The van der Waals surface area contributed by atoms with Crippen LogP contribution < -0.4 is 4.90 Å². The molecule has 1 heteroatoms. The third-order valence-electron chi connectivity index (χ3n) is 6.23. The van der Waals surface area contributed by atoms with Crippen LogP contribution >= 0.6 is 0 Å². The first-order valence-corrected chi connectivity index (χ1v) is 12.0. The van der Waals surface area contributed by atoms with E-state index in [1.165, 1.54) is 27.8 Å². The highest BCUT2D eigenvalue weighted by Gasteiger charge is 2.16. The largest absolute Gasteiger partial charge is 0.310 e. The van der Waals surface area contributed by atoms with E-state index in [-0.39, 0.29) is 0 Å². The standard InChI is InChI=1S/C34H29N/c1-26-17-21-31(22-18-26)35(32-23-19-27(2)20-24-32)34-16-10-9-15-30(34)25-33(28-11-5-3-6-12-28)29-13-7-4-8-14-29/h3-25H,1-2H3. The molecule has 0 aliphatic carbocycles. The molecule has 170 valence electrons. The van der Waals surface area contributed by atoms with Gasteiger partial charge >= 0.3 is 0 Å². The second-order valence-corrected chi connectivity index (χ2v) is 8.86. The molecule has 5 aromatic rings. The van der Waals surface area contributed by atoms with Gasteiger partial charge in [0.2, 0.25) is 0 Å². The van der Waals surface area contributed by atoms with E-state index in [4.69, 9.17) is 0 Å². The highest BCUT2D eigenvalue weighted by molar-refractivity contribution is 5.95. The molecule has 0 amide bonds. The molecule has 35 heavy (non-hydrogen) atoms. The molecule has 0 spiro atoms. The molecule has 0 aromatic heterocycles. The molecule has 0 bridgehead atoms. The maximum atomic E-state index is 2.35. The molecule has 0 atom stereocenters. The summed E-state index contributed by atoms with van der Waals surface area (Å²) in [6.45, 7) is 4.26. The van der Waals surface area contributed by atoms with Gasteiger partial charge in [-0.2, -0.15) is 0 Å². The van der Waals surface area contributed by atoms with Crippen molar-refractivity contribution < 1.29 is 0 Å². The zero-order valence-corrected chi connectivity index (χ0v) is 20.2. The molecule has 0 aliphatic heterocycles. The summed E-state index contributed by atoms with van der Waals surface area (Å²) in [5, 5.41) is 0. The van der Waals surface area contributed by atoms with Gasteiger partial charge in [0.15, 0.2) is 0 Å². The number of hydrogen-bond donors (Lipinski definition) is 0. The monoisotopic (exact) mass is 451 g/mol. The SMILES string of the molecule is Cc1ccc(N(c2ccc(C)cc2)c2ccccc2C=C(c2ccccc2)c2ccccc2)cc1. The second-order valence-electron chi connectivity index (χ2n) is 8.86. The van der Waals surface area contributed by atoms with E-state index >= 15 is 0 Å². The Morgan fingerprint density at radius 3 is 1.40 bits per heavy atom. The molecule has 1 nitrogen and oxygen atoms in total. The normalized spacial score (nSPS) is 10.6. The van der Waals surface area contributed by atoms with Crippen LogP contribution in [0, 0.1) is 13.8 Å². The maximum Gasteiger partial charge on any atom is 0.0534 e. The van der Waals surface area contributed by atoms with Crippen molar-refractivity contribution >= 4 is 28.7 Å². The Bertz CT molecular complexity index is 1330. The first-order valence-electron chi connectivity index (χ1n) is 12.0. The Hall–Kier alpha value is -4.36. The van der Waals surface area contributed by atoms with Crippen LogP contribution in [0.15, 0.2) is 133 Å². The van der Waals surface area contributed by atoms with Gasteiger partial charge in [0.1, 0.15) is 0 Å². The Morgan fingerprint density at radius 1 is 0.486 bits per heavy atom. The highest BCUT2D eigenvalue weighted by atomic mass is 15.1. The van der Waals surface area contributed by atoms with Gasteiger partial charge in [-0.15, -0.1) is 0 Å². The summed E-state index contributed by atoms with van der Waals surface area (Å²) in [6.07, 6.45) is 2.31. The van der Waals surface area contributed by atoms with E-state index < -0.39 is 0 Å². The van der Waals surface area contributed by atoms with Crippen molar-refractivity contribution in [2.75, 3.05) is 4.90 Å². The van der Waals surface area contributed by atoms with Crippen LogP contribution in [-0.4, -0.2) is 0 Å². The van der Waals surface area contributed by atoms with Crippen LogP contribution in [0.5, 0.6) is 0 Å². The van der Waals surface area contributed by atoms with E-state index in [2.05, 4.69) is 158 Å². The lowest BCUT2D eigenvalue weighted by atomic mass is 9.95. The molecule has 0 N–H and O–H groups in total. The van der Waals surface area contributed by atoms with E-state index in [1.54, 1.807) is 0 Å². The molecule has 0 heterocycles. The van der Waals surface area contributed by atoms with Gasteiger partial charge in [-0.05, 0) is 72.5 Å². The number of para-hydroxylation sites is 1. The van der Waals surface area contributed by atoms with Crippen molar-refractivity contribution in [2.24, 2.45) is 0 Å². The van der Waals surface area contributed by atoms with Crippen molar-refractivity contribution in [3.05, 3.63) is 161 Å². The fourth-order valence-electron chi connectivity index (χ4n) is 4.35. The van der Waals surface area contributed by atoms with Crippen LogP contribution in [0.4, 0.5) is 17.1 Å². The number of hydrogen-bond acceptors (Lipinski definition) is 1. The minimum absolute atomic E-state index is 1.14. The molecule has 5 rings (SSSR count). The summed E-state index contributed by atoms with van der Waals surface area (Å²) in [5.41, 5.74) is 10.7. The van der Waals surface area contributed by atoms with Crippen molar-refractivity contribution in [1.29, 1.82) is 0 Å². The van der Waals surface area contributed by atoms with Gasteiger partial charge < -0.3 is 4.90 Å². The number of anilines is 3. The fourth-order valence-corrected chi connectivity index (χ4v) is 4.35. The molecule has 0 aliphatic rings. The van der Waals surface area contributed by atoms with Crippen molar-refractivity contribution in [1.82, 2.24) is 0 Å². The van der Waals surface area contributed by atoms with Crippen molar-refractivity contribution in [2.45, 2.75) is 13.8 Å². The highest BCUT2D eigenvalue weighted by Crippen LogP contribution is 2.38. The fraction of sp³-hybridized carbons (Fsp3) is 0.0588. The molecule has 0 unspecified atom stereocenters. The molecule has 0 fully saturated rings. The summed E-state index contributed by atoms with van der Waals surface area (Å²) in [5.74, 6) is 0. The summed E-state index contributed by atoms with van der Waals surface area (Å²) in [7, 11) is 0. The molecular weight excluding hydrogens is 422 g/mol. The van der Waals surface area contributed by atoms with Crippen molar-refractivity contribution in [3.63, 3.8) is 0 Å². The Morgan fingerprint density at radius 2 is 0.914 bits per heavy atom. The van der Waals surface area contributed by atoms with Crippen LogP contribution in [0.2, 0.25) is 0 Å². The lowest BCUT2D eigenvalue weighted by molar-refractivity contribution is 1.26. The predicted molar refractivity (Wildman–Crippen MR) is 150 cm³/mol. The third-order valence-corrected chi connectivity index (χ3v) is 6.23. The van der Waals surface area contributed by atoms with Gasteiger partial charge in [0.25, 0.3) is 0 Å². The van der Waals surface area contributed by atoms with E-state index in [0.29, 0.717) is 0 Å².